The quantitative estimate of drug-likeness (QED) is 0.157. The minimum atomic E-state index is -0.785. The number of hydrogen-bond donors (Lipinski definition) is 0. The molecule has 3 amide bonds. The van der Waals surface area contributed by atoms with Crippen LogP contribution in [0.15, 0.2) is 65.3 Å². The zero-order chi connectivity index (χ0) is 28.6. The first-order chi connectivity index (χ1) is 19.1. The molecule has 5 rings (SSSR count). The maximum atomic E-state index is 13.7. The molecule has 0 N–H and O–H groups in total. The van der Waals surface area contributed by atoms with E-state index in [1.54, 1.807) is 6.07 Å². The Kier molecular flexibility index (Phi) is 7.78. The maximum absolute atomic E-state index is 13.7. The number of furan rings is 1. The molecule has 2 fully saturated rings. The lowest BCUT2D eigenvalue weighted by atomic mass is 9.76. The van der Waals surface area contributed by atoms with Gasteiger partial charge in [0.1, 0.15) is 12.3 Å². The van der Waals surface area contributed by atoms with E-state index in [1.165, 1.54) is 54.8 Å². The number of hydrazine groups is 1. The van der Waals surface area contributed by atoms with Crippen molar-refractivity contribution >= 4 is 52.7 Å². The number of ketones is 1. The van der Waals surface area contributed by atoms with Gasteiger partial charge in [-0.2, -0.15) is 5.01 Å². The fourth-order valence-corrected chi connectivity index (χ4v) is 5.62. The number of carbonyl (C=O) groups excluding carboxylic acids is 5. The number of hydrogen-bond acceptors (Lipinski definition) is 7. The molecule has 9 nitrogen and oxygen atoms in total. The standard InChI is InChI=1S/C29H24Cl2N2O7/c1-16-4-10-20-22(13-16)28(37)33(27(20)36)32(26(35)21-11-7-18(30)14-23(21)31)15-24(34)17-5-8-19(9-6-17)40-29(38)25-3-2-12-39-25/h2-3,5-9,11-12,14,16,20,22H,4,10,13,15H2,1H3/t16-,20+,22+/m1/s1. The molecule has 2 aliphatic rings. The lowest BCUT2D eigenvalue weighted by Crippen LogP contribution is -2.52. The van der Waals surface area contributed by atoms with Gasteiger partial charge in [-0.1, -0.05) is 30.1 Å². The molecular formula is C29H24Cl2N2O7. The van der Waals surface area contributed by atoms with E-state index in [1.807, 2.05) is 6.92 Å². The zero-order valence-corrected chi connectivity index (χ0v) is 22.9. The van der Waals surface area contributed by atoms with Gasteiger partial charge in [0.05, 0.1) is 28.7 Å². The van der Waals surface area contributed by atoms with Gasteiger partial charge in [0, 0.05) is 10.6 Å². The summed E-state index contributed by atoms with van der Waals surface area (Å²) >= 11 is 12.3. The van der Waals surface area contributed by atoms with E-state index in [-0.39, 0.29) is 33.6 Å². The Balaban J connectivity index is 1.41. The van der Waals surface area contributed by atoms with Crippen LogP contribution >= 0.6 is 23.2 Å². The number of halogens is 2. The summed E-state index contributed by atoms with van der Waals surface area (Å²) in [6, 6.07) is 12.9. The summed E-state index contributed by atoms with van der Waals surface area (Å²) in [6.07, 6.45) is 3.19. The normalized spacial score (nSPS) is 20.3. The van der Waals surface area contributed by atoms with Gasteiger partial charge in [-0.25, -0.2) is 9.80 Å². The maximum Gasteiger partial charge on any atom is 0.379 e. The van der Waals surface area contributed by atoms with Crippen molar-refractivity contribution in [1.82, 2.24) is 10.0 Å². The third-order valence-corrected chi connectivity index (χ3v) is 7.75. The second kappa shape index (κ2) is 11.3. The van der Waals surface area contributed by atoms with Crippen LogP contribution in [0.3, 0.4) is 0 Å². The summed E-state index contributed by atoms with van der Waals surface area (Å²) in [5.74, 6) is -3.70. The number of benzene rings is 2. The molecular weight excluding hydrogens is 559 g/mol. The smallest absolute Gasteiger partial charge is 0.379 e. The minimum absolute atomic E-state index is 0.0112. The number of fused-ring (bicyclic) bond motifs is 1. The highest BCUT2D eigenvalue weighted by Crippen LogP contribution is 2.41. The van der Waals surface area contributed by atoms with Gasteiger partial charge < -0.3 is 9.15 Å². The summed E-state index contributed by atoms with van der Waals surface area (Å²) in [5.41, 5.74) is 0.158. The first-order valence-corrected chi connectivity index (χ1v) is 13.4. The molecule has 1 saturated carbocycles. The van der Waals surface area contributed by atoms with Crippen molar-refractivity contribution in [3.63, 3.8) is 0 Å². The predicted molar refractivity (Wildman–Crippen MR) is 144 cm³/mol. The van der Waals surface area contributed by atoms with Crippen molar-refractivity contribution in [3.05, 3.63) is 87.8 Å². The molecule has 11 heteroatoms. The molecule has 206 valence electrons. The lowest BCUT2D eigenvalue weighted by Gasteiger charge is -2.30. The van der Waals surface area contributed by atoms with Crippen LogP contribution in [0.25, 0.3) is 0 Å². The van der Waals surface area contributed by atoms with Crippen molar-refractivity contribution in [2.45, 2.75) is 26.2 Å². The first kappa shape index (κ1) is 27.6. The summed E-state index contributed by atoms with van der Waals surface area (Å²) in [5, 5.41) is 2.00. The van der Waals surface area contributed by atoms with Gasteiger partial charge in [0.15, 0.2) is 5.78 Å². The molecule has 3 aromatic rings. The van der Waals surface area contributed by atoms with Crippen LogP contribution in [-0.2, 0) is 9.59 Å². The van der Waals surface area contributed by atoms with Crippen molar-refractivity contribution in [1.29, 1.82) is 0 Å². The summed E-state index contributed by atoms with van der Waals surface area (Å²) < 4.78 is 10.2. The van der Waals surface area contributed by atoms with Crippen molar-refractivity contribution < 1.29 is 33.1 Å². The number of nitrogens with zero attached hydrogens (tertiary/aromatic N) is 2. The highest BCUT2D eigenvalue weighted by Gasteiger charge is 2.53. The zero-order valence-electron chi connectivity index (χ0n) is 21.3. The second-order valence-corrected chi connectivity index (χ2v) is 10.8. The average molecular weight is 583 g/mol. The van der Waals surface area contributed by atoms with Crippen LogP contribution in [0.2, 0.25) is 10.0 Å². The van der Waals surface area contributed by atoms with Crippen molar-refractivity contribution in [2.75, 3.05) is 6.54 Å². The van der Waals surface area contributed by atoms with Gasteiger partial charge in [0.2, 0.25) is 5.76 Å². The Morgan fingerprint density at radius 1 is 1.00 bits per heavy atom. The number of rotatable bonds is 7. The molecule has 2 heterocycles. The number of imide groups is 1. The van der Waals surface area contributed by atoms with Gasteiger partial charge in [-0.3, -0.25) is 19.2 Å². The third kappa shape index (κ3) is 5.39. The molecule has 1 saturated heterocycles. The number of esters is 1. The Morgan fingerprint density at radius 2 is 1.73 bits per heavy atom. The minimum Gasteiger partial charge on any atom is -0.457 e. The largest absolute Gasteiger partial charge is 0.457 e. The van der Waals surface area contributed by atoms with E-state index in [4.69, 9.17) is 32.4 Å². The second-order valence-electron chi connectivity index (χ2n) is 9.92. The summed E-state index contributed by atoms with van der Waals surface area (Å²) in [6.45, 7) is 1.42. The van der Waals surface area contributed by atoms with E-state index >= 15 is 0 Å². The predicted octanol–water partition coefficient (Wildman–Crippen LogP) is 5.47. The molecule has 0 radical (unpaired) electrons. The molecule has 1 aromatic heterocycles. The van der Waals surface area contributed by atoms with Crippen LogP contribution in [-0.4, -0.2) is 46.0 Å². The van der Waals surface area contributed by atoms with Crippen LogP contribution in [0, 0.1) is 17.8 Å². The van der Waals surface area contributed by atoms with Gasteiger partial charge in [-0.05, 0) is 79.8 Å². The summed E-state index contributed by atoms with van der Waals surface area (Å²) in [4.78, 5) is 66.1. The molecule has 2 aromatic carbocycles. The Labute approximate surface area is 239 Å². The molecule has 1 aliphatic heterocycles. The van der Waals surface area contributed by atoms with Crippen molar-refractivity contribution in [3.8, 4) is 5.75 Å². The average Bonchev–Trinajstić information content (AvgIpc) is 3.55. The van der Waals surface area contributed by atoms with Crippen molar-refractivity contribution in [2.24, 2.45) is 17.8 Å². The number of ether oxygens (including phenoxy) is 1. The van der Waals surface area contributed by atoms with Crippen LogP contribution < -0.4 is 4.74 Å². The fourth-order valence-electron chi connectivity index (χ4n) is 5.13. The van der Waals surface area contributed by atoms with Gasteiger partial charge in [0.25, 0.3) is 17.7 Å². The molecule has 0 spiro atoms. The molecule has 3 atom stereocenters. The molecule has 40 heavy (non-hydrogen) atoms. The fraction of sp³-hybridized carbons (Fsp3) is 0.276. The van der Waals surface area contributed by atoms with Crippen LogP contribution in [0.5, 0.6) is 5.75 Å². The topological polar surface area (TPSA) is 114 Å². The SMILES string of the molecule is C[C@@H]1CC[C@@H]2C(=O)N(N(CC(=O)c3ccc(OC(=O)c4ccco4)cc3)C(=O)c3ccc(Cl)cc3Cl)C(=O)[C@H]2C1. The Hall–Kier alpha value is -3.95. The van der Waals surface area contributed by atoms with Crippen LogP contribution in [0.1, 0.15) is 57.5 Å². The first-order valence-electron chi connectivity index (χ1n) is 12.7. The molecule has 0 unspecified atom stereocenters. The highest BCUT2D eigenvalue weighted by atomic mass is 35.5. The van der Waals surface area contributed by atoms with E-state index in [9.17, 15) is 24.0 Å². The van der Waals surface area contributed by atoms with E-state index in [2.05, 4.69) is 0 Å². The van der Waals surface area contributed by atoms with Gasteiger partial charge >= 0.3 is 5.97 Å². The number of amides is 3. The highest BCUT2D eigenvalue weighted by molar-refractivity contribution is 6.36. The van der Waals surface area contributed by atoms with Gasteiger partial charge in [-0.15, -0.1) is 0 Å². The number of carbonyl (C=O) groups is 5. The third-order valence-electron chi connectivity index (χ3n) is 7.20. The van der Waals surface area contributed by atoms with Crippen LogP contribution in [0.4, 0.5) is 0 Å². The number of Topliss-reactive ketones (excluding diaryl/α,β-unsaturated/α-hetero) is 1. The van der Waals surface area contributed by atoms with E-state index in [0.717, 1.165) is 16.4 Å². The molecule has 1 aliphatic carbocycles. The summed E-state index contributed by atoms with van der Waals surface area (Å²) in [7, 11) is 0. The molecule has 0 bridgehead atoms. The Morgan fingerprint density at radius 3 is 2.40 bits per heavy atom. The monoisotopic (exact) mass is 582 g/mol. The van der Waals surface area contributed by atoms with E-state index < -0.39 is 47.9 Å². The van der Waals surface area contributed by atoms with E-state index in [0.29, 0.717) is 17.9 Å². The Bertz CT molecular complexity index is 1490. The lowest BCUT2D eigenvalue weighted by molar-refractivity contribution is -0.154.